The van der Waals surface area contributed by atoms with Crippen molar-refractivity contribution in [3.05, 3.63) is 0 Å². The summed E-state index contributed by atoms with van der Waals surface area (Å²) in [4.78, 5) is 5.77. The first kappa shape index (κ1) is 33.1. The summed E-state index contributed by atoms with van der Waals surface area (Å²) in [6.45, 7) is 50.8. The quantitative estimate of drug-likeness (QED) is 0.315. The molecule has 2 saturated heterocycles. The van der Waals surface area contributed by atoms with E-state index >= 15 is 0 Å². The lowest BCUT2D eigenvalue weighted by Gasteiger charge is -2.72. The molecule has 37 heavy (non-hydrogen) atoms. The summed E-state index contributed by atoms with van der Waals surface area (Å²) < 4.78 is 0. The third kappa shape index (κ3) is 5.35. The summed E-state index contributed by atoms with van der Waals surface area (Å²) in [6, 6.07) is 0. The van der Waals surface area contributed by atoms with Crippen LogP contribution in [-0.2, 0) is 0 Å². The minimum absolute atomic E-state index is 0.0963. The zero-order valence-electron chi connectivity index (χ0n) is 29.4. The zero-order valence-corrected chi connectivity index (χ0v) is 29.4. The van der Waals surface area contributed by atoms with Crippen LogP contribution in [0.25, 0.3) is 0 Å². The Morgan fingerprint density at radius 1 is 0.459 bits per heavy atom. The zero-order chi connectivity index (χ0) is 29.6. The van der Waals surface area contributed by atoms with E-state index in [1.807, 2.05) is 0 Å². The molecular weight excluding hydrogens is 448 g/mol. The molecule has 0 amide bonds. The first-order chi connectivity index (χ1) is 15.9. The van der Waals surface area contributed by atoms with Gasteiger partial charge in [-0.05, 0) is 151 Å². The maximum atomic E-state index is 2.88. The lowest BCUT2D eigenvalue weighted by molar-refractivity contribution is -0.232. The molecule has 0 aliphatic carbocycles. The topological polar surface area (TPSA) is 6.48 Å². The molecular formula is C35H70N2. The first-order valence-corrected chi connectivity index (χ1v) is 15.5. The fourth-order valence-electron chi connectivity index (χ4n) is 14.0. The second kappa shape index (κ2) is 8.96. The SMILES string of the molecule is CC1CC(C)(C)N(C(C)(C)C)C(C)(C)CC(C)(C)C12C(C)CC(C)(C)N(C(C)(C)C)C(C)(C)CC2(C)C. The second-order valence-corrected chi connectivity index (χ2v) is 19.5. The molecule has 2 aliphatic rings. The minimum atomic E-state index is 0.0963. The molecule has 2 nitrogen and oxygen atoms in total. The van der Waals surface area contributed by atoms with Gasteiger partial charge in [-0.2, -0.15) is 0 Å². The molecule has 2 rings (SSSR count). The number of hydrogen-bond acceptors (Lipinski definition) is 2. The van der Waals surface area contributed by atoms with Crippen molar-refractivity contribution in [2.75, 3.05) is 0 Å². The Hall–Kier alpha value is -0.0800. The Labute approximate surface area is 235 Å². The molecule has 0 N–H and O–H groups in total. The van der Waals surface area contributed by atoms with Gasteiger partial charge in [0.1, 0.15) is 0 Å². The fraction of sp³-hybridized carbons (Fsp3) is 1.00. The van der Waals surface area contributed by atoms with Gasteiger partial charge in [0, 0.05) is 33.2 Å². The molecule has 2 unspecified atom stereocenters. The minimum Gasteiger partial charge on any atom is -0.288 e. The molecule has 0 aromatic carbocycles. The van der Waals surface area contributed by atoms with Crippen molar-refractivity contribution in [3.8, 4) is 0 Å². The van der Waals surface area contributed by atoms with Crippen molar-refractivity contribution in [2.45, 2.75) is 197 Å². The number of likely N-dealkylation sites (tertiary alicyclic amines) is 2. The third-order valence-corrected chi connectivity index (χ3v) is 10.9. The Kier molecular flexibility index (Phi) is 8.02. The largest absolute Gasteiger partial charge is 0.288 e. The van der Waals surface area contributed by atoms with Crippen molar-refractivity contribution in [3.63, 3.8) is 0 Å². The van der Waals surface area contributed by atoms with E-state index in [1.165, 1.54) is 25.7 Å². The van der Waals surface area contributed by atoms with Crippen LogP contribution in [0.1, 0.15) is 164 Å². The molecule has 1 spiro atoms. The molecule has 220 valence electrons. The van der Waals surface area contributed by atoms with Crippen LogP contribution in [0.3, 0.4) is 0 Å². The summed E-state index contributed by atoms with van der Waals surface area (Å²) in [5.41, 5.74) is 1.22. The highest BCUT2D eigenvalue weighted by Crippen LogP contribution is 2.70. The molecule has 2 heteroatoms. The number of hydrogen-bond donors (Lipinski definition) is 0. The number of nitrogens with zero attached hydrogens (tertiary/aromatic N) is 2. The Morgan fingerprint density at radius 2 is 0.703 bits per heavy atom. The van der Waals surface area contributed by atoms with Gasteiger partial charge in [-0.3, -0.25) is 9.80 Å². The van der Waals surface area contributed by atoms with Crippen molar-refractivity contribution >= 4 is 0 Å². The summed E-state index contributed by atoms with van der Waals surface area (Å²) in [6.07, 6.45) is 4.88. The van der Waals surface area contributed by atoms with Gasteiger partial charge in [0.2, 0.25) is 0 Å². The molecule has 0 bridgehead atoms. The van der Waals surface area contributed by atoms with E-state index < -0.39 is 0 Å². The summed E-state index contributed by atoms with van der Waals surface area (Å²) in [5.74, 6) is 1.22. The van der Waals surface area contributed by atoms with E-state index in [9.17, 15) is 0 Å². The molecule has 0 radical (unpaired) electrons. The van der Waals surface area contributed by atoms with Crippen LogP contribution >= 0.6 is 0 Å². The highest BCUT2D eigenvalue weighted by molar-refractivity contribution is 5.18. The van der Waals surface area contributed by atoms with Gasteiger partial charge >= 0.3 is 0 Å². The molecule has 0 aromatic rings. The second-order valence-electron chi connectivity index (χ2n) is 19.5. The van der Waals surface area contributed by atoms with E-state index in [4.69, 9.17) is 0 Å². The van der Waals surface area contributed by atoms with E-state index in [0.717, 1.165) is 0 Å². The van der Waals surface area contributed by atoms with E-state index in [0.29, 0.717) is 11.8 Å². The van der Waals surface area contributed by atoms with Crippen LogP contribution < -0.4 is 0 Å². The molecule has 0 aromatic heterocycles. The normalized spacial score (nSPS) is 36.3. The third-order valence-electron chi connectivity index (χ3n) is 10.9. The Bertz CT molecular complexity index is 754. The maximum Gasteiger partial charge on any atom is 0.0169 e. The van der Waals surface area contributed by atoms with Crippen molar-refractivity contribution in [1.82, 2.24) is 9.80 Å². The van der Waals surface area contributed by atoms with Crippen LogP contribution in [0.5, 0.6) is 0 Å². The predicted octanol–water partition coefficient (Wildman–Crippen LogP) is 10.2. The van der Waals surface area contributed by atoms with E-state index in [1.54, 1.807) is 0 Å². The van der Waals surface area contributed by atoms with Crippen LogP contribution in [0.15, 0.2) is 0 Å². The van der Waals surface area contributed by atoms with Crippen LogP contribution in [0.4, 0.5) is 0 Å². The van der Waals surface area contributed by atoms with E-state index in [-0.39, 0.29) is 49.5 Å². The molecule has 0 saturated carbocycles. The Balaban J connectivity index is 2.92. The van der Waals surface area contributed by atoms with Gasteiger partial charge < -0.3 is 0 Å². The number of rotatable bonds is 0. The molecule has 2 aliphatic heterocycles. The van der Waals surface area contributed by atoms with Gasteiger partial charge in [0.25, 0.3) is 0 Å². The van der Waals surface area contributed by atoms with Crippen molar-refractivity contribution < 1.29 is 0 Å². The van der Waals surface area contributed by atoms with Gasteiger partial charge in [-0.15, -0.1) is 0 Å². The monoisotopic (exact) mass is 519 g/mol. The van der Waals surface area contributed by atoms with Crippen molar-refractivity contribution in [1.29, 1.82) is 0 Å². The van der Waals surface area contributed by atoms with Crippen LogP contribution in [-0.4, -0.2) is 43.0 Å². The molecule has 2 heterocycles. The lowest BCUT2D eigenvalue weighted by Crippen LogP contribution is -2.73. The standard InChI is InChI=1S/C35H70N2/c1-25-21-31(13,14)36(27(3,4)5)33(17,18)23-29(9,10)35(25)26(2)22-32(15,16)37(28(6,7)8)34(19,20)24-30(35,11)12/h25-26H,21-24H2,1-20H3. The summed E-state index contributed by atoms with van der Waals surface area (Å²) >= 11 is 0. The van der Waals surface area contributed by atoms with Gasteiger partial charge in [0.15, 0.2) is 0 Å². The maximum absolute atomic E-state index is 2.88. The summed E-state index contributed by atoms with van der Waals surface area (Å²) in [7, 11) is 0. The van der Waals surface area contributed by atoms with E-state index in [2.05, 4.69) is 148 Å². The summed E-state index contributed by atoms with van der Waals surface area (Å²) in [5, 5.41) is 0. The highest BCUT2D eigenvalue weighted by atomic mass is 15.3. The Morgan fingerprint density at radius 3 is 0.919 bits per heavy atom. The average molecular weight is 519 g/mol. The smallest absolute Gasteiger partial charge is 0.0169 e. The highest BCUT2D eigenvalue weighted by Gasteiger charge is 2.67. The van der Waals surface area contributed by atoms with Gasteiger partial charge in [-0.1, -0.05) is 41.5 Å². The van der Waals surface area contributed by atoms with Crippen LogP contribution in [0, 0.1) is 28.1 Å². The first-order valence-electron chi connectivity index (χ1n) is 15.5. The fourth-order valence-corrected chi connectivity index (χ4v) is 14.0. The van der Waals surface area contributed by atoms with Crippen molar-refractivity contribution in [2.24, 2.45) is 28.1 Å². The van der Waals surface area contributed by atoms with Gasteiger partial charge in [-0.25, -0.2) is 0 Å². The van der Waals surface area contributed by atoms with Gasteiger partial charge in [0.05, 0.1) is 0 Å². The molecule has 2 fully saturated rings. The average Bonchev–Trinajstić information content (AvgIpc) is 2.42. The predicted molar refractivity (Wildman–Crippen MR) is 166 cm³/mol. The lowest BCUT2D eigenvalue weighted by atomic mass is 9.38. The van der Waals surface area contributed by atoms with Crippen LogP contribution in [0.2, 0.25) is 0 Å². The molecule has 2 atom stereocenters.